The summed E-state index contributed by atoms with van der Waals surface area (Å²) in [4.78, 5) is 13.0. The van der Waals surface area contributed by atoms with Crippen LogP contribution in [0.15, 0.2) is 41.5 Å². The second kappa shape index (κ2) is 10.4. The Morgan fingerprint density at radius 2 is 1.59 bits per heavy atom. The van der Waals surface area contributed by atoms with Gasteiger partial charge in [0.25, 0.3) is 0 Å². The van der Waals surface area contributed by atoms with Gasteiger partial charge in [0.15, 0.2) is 0 Å². The molecule has 1 aromatic rings. The molecule has 2 heteroatoms. The number of carbonyl (C=O) groups is 1. The maximum atomic E-state index is 13.0. The zero-order valence-corrected chi connectivity index (χ0v) is 26.4. The van der Waals surface area contributed by atoms with Crippen molar-refractivity contribution < 1.29 is 9.53 Å². The molecule has 0 spiro atoms. The van der Waals surface area contributed by atoms with Crippen LogP contribution >= 0.6 is 0 Å². The molecule has 4 aliphatic carbocycles. The minimum absolute atomic E-state index is 0.0163. The van der Waals surface area contributed by atoms with Crippen molar-refractivity contribution in [3.05, 3.63) is 47.0 Å². The van der Waals surface area contributed by atoms with E-state index >= 15 is 0 Å². The molecule has 4 aliphatic rings. The van der Waals surface area contributed by atoms with E-state index in [1.54, 1.807) is 0 Å². The zero-order valence-electron chi connectivity index (χ0n) is 26.4. The summed E-state index contributed by atoms with van der Waals surface area (Å²) in [5, 5.41) is 0. The smallest absolute Gasteiger partial charge is 0.338 e. The number of ether oxygens (including phenoxy) is 1. The highest BCUT2D eigenvalue weighted by Crippen LogP contribution is 2.72. The summed E-state index contributed by atoms with van der Waals surface area (Å²) in [6.07, 6.45) is 14.2. The molecule has 7 unspecified atom stereocenters. The highest BCUT2D eigenvalue weighted by atomic mass is 16.5. The summed E-state index contributed by atoms with van der Waals surface area (Å²) in [5.74, 6) is 2.91. The Morgan fingerprint density at radius 1 is 0.872 bits per heavy atom. The normalized spacial score (nSPS) is 38.1. The maximum Gasteiger partial charge on any atom is 0.338 e. The minimum atomic E-state index is -0.159. The Balaban J connectivity index is 1.37. The van der Waals surface area contributed by atoms with Crippen molar-refractivity contribution in [3.8, 4) is 0 Å². The van der Waals surface area contributed by atoms with Crippen LogP contribution in [0.25, 0.3) is 0 Å². The number of rotatable bonds is 7. The SMILES string of the molecule is CC(C)CCCC(C)C1CCC2(C)C3=C(CCC12C)C1(C)CCC(OC(=O)c2ccccc2)C(C)(C)C1CC3. The first-order chi connectivity index (χ1) is 18.3. The van der Waals surface area contributed by atoms with E-state index in [1.165, 1.54) is 57.8 Å². The Hall–Kier alpha value is -1.57. The van der Waals surface area contributed by atoms with Crippen LogP contribution in [-0.2, 0) is 4.74 Å². The third-order valence-electron chi connectivity index (χ3n) is 13.1. The molecule has 2 saturated carbocycles. The molecular formula is C37H56O2. The Labute approximate surface area is 239 Å². The summed E-state index contributed by atoms with van der Waals surface area (Å²) in [7, 11) is 0. The first kappa shape index (κ1) is 28.9. The molecule has 216 valence electrons. The third-order valence-corrected chi connectivity index (χ3v) is 13.1. The van der Waals surface area contributed by atoms with E-state index in [1.807, 2.05) is 41.5 Å². The Morgan fingerprint density at radius 3 is 2.28 bits per heavy atom. The summed E-state index contributed by atoms with van der Waals surface area (Å²) in [6.45, 7) is 20.0. The van der Waals surface area contributed by atoms with E-state index in [9.17, 15) is 4.79 Å². The van der Waals surface area contributed by atoms with Gasteiger partial charge in [-0.1, -0.05) is 104 Å². The second-order valence-electron chi connectivity index (χ2n) is 15.8. The van der Waals surface area contributed by atoms with Gasteiger partial charge in [-0.3, -0.25) is 0 Å². The number of carbonyl (C=O) groups excluding carboxylic acids is 1. The molecule has 0 bridgehead atoms. The molecule has 0 radical (unpaired) electrons. The molecule has 0 heterocycles. The van der Waals surface area contributed by atoms with Crippen LogP contribution in [0.5, 0.6) is 0 Å². The number of hydrogen-bond acceptors (Lipinski definition) is 2. The monoisotopic (exact) mass is 532 g/mol. The van der Waals surface area contributed by atoms with E-state index in [-0.39, 0.29) is 22.9 Å². The van der Waals surface area contributed by atoms with E-state index in [4.69, 9.17) is 4.74 Å². The van der Waals surface area contributed by atoms with Gasteiger partial charge in [-0.25, -0.2) is 4.79 Å². The predicted molar refractivity (Wildman–Crippen MR) is 163 cm³/mol. The van der Waals surface area contributed by atoms with Crippen LogP contribution in [0.1, 0.15) is 136 Å². The molecule has 0 N–H and O–H groups in total. The number of benzene rings is 1. The van der Waals surface area contributed by atoms with Crippen molar-refractivity contribution in [3.63, 3.8) is 0 Å². The largest absolute Gasteiger partial charge is 0.458 e. The van der Waals surface area contributed by atoms with Gasteiger partial charge < -0.3 is 4.74 Å². The van der Waals surface area contributed by atoms with Crippen LogP contribution < -0.4 is 0 Å². The lowest BCUT2D eigenvalue weighted by molar-refractivity contribution is -0.104. The summed E-state index contributed by atoms with van der Waals surface area (Å²) >= 11 is 0. The highest BCUT2D eigenvalue weighted by Gasteiger charge is 2.63. The number of fused-ring (bicyclic) bond motifs is 4. The third kappa shape index (κ3) is 4.64. The topological polar surface area (TPSA) is 26.3 Å². The quantitative estimate of drug-likeness (QED) is 0.258. The van der Waals surface area contributed by atoms with Gasteiger partial charge in [0.05, 0.1) is 5.56 Å². The first-order valence-electron chi connectivity index (χ1n) is 16.3. The van der Waals surface area contributed by atoms with Crippen LogP contribution in [0.4, 0.5) is 0 Å². The summed E-state index contributed by atoms with van der Waals surface area (Å²) in [5.41, 5.74) is 5.36. The standard InChI is InChI=1S/C37H56O2/c1-25(2)13-12-14-26(3)28-19-23-37(8)30-17-18-31-34(4,5)32(39-33(38)27-15-10-9-11-16-27)21-22-35(31,6)29(30)20-24-36(28,37)7/h9-11,15-16,25-26,28,31-32H,12-14,17-24H2,1-8H3. The van der Waals surface area contributed by atoms with Gasteiger partial charge >= 0.3 is 5.97 Å². The van der Waals surface area contributed by atoms with Crippen molar-refractivity contribution in [1.29, 1.82) is 0 Å². The van der Waals surface area contributed by atoms with Gasteiger partial charge in [-0.2, -0.15) is 0 Å². The molecule has 2 fully saturated rings. The summed E-state index contributed by atoms with van der Waals surface area (Å²) in [6, 6.07) is 9.55. The highest BCUT2D eigenvalue weighted by molar-refractivity contribution is 5.89. The van der Waals surface area contributed by atoms with E-state index in [2.05, 4.69) is 55.4 Å². The molecule has 7 atom stereocenters. The number of hydrogen-bond donors (Lipinski definition) is 0. The minimum Gasteiger partial charge on any atom is -0.458 e. The van der Waals surface area contributed by atoms with Crippen molar-refractivity contribution in [2.45, 2.75) is 132 Å². The predicted octanol–water partition coefficient (Wildman–Crippen LogP) is 10.4. The average molecular weight is 533 g/mol. The number of esters is 1. The first-order valence-corrected chi connectivity index (χ1v) is 16.3. The lowest BCUT2D eigenvalue weighted by Gasteiger charge is -2.62. The lowest BCUT2D eigenvalue weighted by atomic mass is 9.43. The van der Waals surface area contributed by atoms with E-state index < -0.39 is 0 Å². The molecule has 5 rings (SSSR count). The lowest BCUT2D eigenvalue weighted by Crippen LogP contribution is -2.55. The molecule has 0 amide bonds. The molecular weight excluding hydrogens is 476 g/mol. The fourth-order valence-corrected chi connectivity index (χ4v) is 10.6. The fourth-order valence-electron chi connectivity index (χ4n) is 10.6. The summed E-state index contributed by atoms with van der Waals surface area (Å²) < 4.78 is 6.26. The maximum absolute atomic E-state index is 13.0. The Bertz CT molecular complexity index is 1080. The van der Waals surface area contributed by atoms with Gasteiger partial charge in [-0.05, 0) is 103 Å². The van der Waals surface area contributed by atoms with Crippen LogP contribution in [0, 0.1) is 45.3 Å². The second-order valence-corrected chi connectivity index (χ2v) is 15.8. The van der Waals surface area contributed by atoms with Gasteiger partial charge in [0.1, 0.15) is 6.10 Å². The van der Waals surface area contributed by atoms with Gasteiger partial charge in [0, 0.05) is 5.41 Å². The number of allylic oxidation sites excluding steroid dienone is 2. The van der Waals surface area contributed by atoms with Gasteiger partial charge in [-0.15, -0.1) is 0 Å². The fraction of sp³-hybridized carbons (Fsp3) is 0.757. The van der Waals surface area contributed by atoms with E-state index in [0.717, 1.165) is 30.6 Å². The zero-order chi connectivity index (χ0) is 28.2. The van der Waals surface area contributed by atoms with E-state index in [0.29, 0.717) is 22.3 Å². The Kier molecular flexibility index (Phi) is 7.69. The van der Waals surface area contributed by atoms with Gasteiger partial charge in [0.2, 0.25) is 0 Å². The molecule has 2 nitrogen and oxygen atoms in total. The van der Waals surface area contributed by atoms with Crippen molar-refractivity contribution >= 4 is 5.97 Å². The van der Waals surface area contributed by atoms with Crippen LogP contribution in [0.2, 0.25) is 0 Å². The van der Waals surface area contributed by atoms with Crippen molar-refractivity contribution in [2.24, 2.45) is 45.3 Å². The van der Waals surface area contributed by atoms with Crippen molar-refractivity contribution in [1.82, 2.24) is 0 Å². The molecule has 0 aromatic heterocycles. The van der Waals surface area contributed by atoms with Crippen LogP contribution in [0.3, 0.4) is 0 Å². The van der Waals surface area contributed by atoms with Crippen molar-refractivity contribution in [2.75, 3.05) is 0 Å². The molecule has 1 aromatic carbocycles. The molecule has 0 saturated heterocycles. The molecule has 39 heavy (non-hydrogen) atoms. The average Bonchev–Trinajstić information content (AvgIpc) is 3.17. The van der Waals surface area contributed by atoms with Crippen LogP contribution in [-0.4, -0.2) is 12.1 Å². The molecule has 0 aliphatic heterocycles.